The molecule has 0 amide bonds. The minimum Gasteiger partial charge on any atom is -0.322 e. The standard InChI is InChI=1S/C21H16F2N4/c22-16-6-13(7-17(23)10-16)8-19(24)21-18(11-25-12-27-21)15-4-3-14-2-1-5-26-20(14)9-15/h1-7,9-12,19H,8,24H2/t19-/m0/s1. The van der Waals surface area contributed by atoms with Crippen molar-refractivity contribution in [1.82, 2.24) is 15.0 Å². The summed E-state index contributed by atoms with van der Waals surface area (Å²) in [6.07, 6.45) is 5.10. The molecule has 0 unspecified atom stereocenters. The number of benzene rings is 2. The fourth-order valence-corrected chi connectivity index (χ4v) is 3.17. The largest absolute Gasteiger partial charge is 0.322 e. The van der Waals surface area contributed by atoms with Crippen molar-refractivity contribution < 1.29 is 8.78 Å². The third-order valence-corrected chi connectivity index (χ3v) is 4.39. The first-order chi connectivity index (χ1) is 13.1. The number of fused-ring (bicyclic) bond motifs is 1. The summed E-state index contributed by atoms with van der Waals surface area (Å²) >= 11 is 0. The van der Waals surface area contributed by atoms with Gasteiger partial charge >= 0.3 is 0 Å². The van der Waals surface area contributed by atoms with Crippen LogP contribution in [0.5, 0.6) is 0 Å². The zero-order chi connectivity index (χ0) is 18.8. The summed E-state index contributed by atoms with van der Waals surface area (Å²) in [5, 5.41) is 1.03. The van der Waals surface area contributed by atoms with E-state index >= 15 is 0 Å². The van der Waals surface area contributed by atoms with Gasteiger partial charge in [-0.3, -0.25) is 4.98 Å². The van der Waals surface area contributed by atoms with Crippen molar-refractivity contribution >= 4 is 10.9 Å². The second-order valence-corrected chi connectivity index (χ2v) is 6.32. The SMILES string of the molecule is N[C@@H](Cc1cc(F)cc(F)c1)c1ncncc1-c1ccc2cccnc2c1. The van der Waals surface area contributed by atoms with Gasteiger partial charge in [0.05, 0.1) is 17.3 Å². The third-order valence-electron chi connectivity index (χ3n) is 4.39. The maximum absolute atomic E-state index is 13.5. The van der Waals surface area contributed by atoms with E-state index in [1.54, 1.807) is 12.4 Å². The van der Waals surface area contributed by atoms with Crippen LogP contribution < -0.4 is 5.73 Å². The van der Waals surface area contributed by atoms with E-state index in [1.165, 1.54) is 18.5 Å². The molecule has 2 aromatic heterocycles. The molecule has 0 bridgehead atoms. The normalized spacial score (nSPS) is 12.3. The Morgan fingerprint density at radius 1 is 0.963 bits per heavy atom. The van der Waals surface area contributed by atoms with Crippen LogP contribution in [0.3, 0.4) is 0 Å². The maximum Gasteiger partial charge on any atom is 0.126 e. The van der Waals surface area contributed by atoms with Gasteiger partial charge in [0.2, 0.25) is 0 Å². The van der Waals surface area contributed by atoms with Crippen LogP contribution in [0.15, 0.2) is 67.3 Å². The van der Waals surface area contributed by atoms with E-state index in [2.05, 4.69) is 15.0 Å². The van der Waals surface area contributed by atoms with Gasteiger partial charge in [-0.05, 0) is 41.8 Å². The number of aromatic nitrogens is 3. The van der Waals surface area contributed by atoms with Gasteiger partial charge in [0.15, 0.2) is 0 Å². The third kappa shape index (κ3) is 3.66. The highest BCUT2D eigenvalue weighted by atomic mass is 19.1. The van der Waals surface area contributed by atoms with E-state index < -0.39 is 17.7 Å². The van der Waals surface area contributed by atoms with Gasteiger partial charge in [-0.15, -0.1) is 0 Å². The molecule has 1 atom stereocenters. The molecule has 0 spiro atoms. The van der Waals surface area contributed by atoms with Crippen LogP contribution in [0, 0.1) is 11.6 Å². The van der Waals surface area contributed by atoms with Crippen LogP contribution in [-0.2, 0) is 6.42 Å². The molecule has 0 aliphatic heterocycles. The molecule has 0 saturated carbocycles. The highest BCUT2D eigenvalue weighted by Crippen LogP contribution is 2.29. The molecule has 2 N–H and O–H groups in total. The van der Waals surface area contributed by atoms with Crippen molar-refractivity contribution in [1.29, 1.82) is 0 Å². The topological polar surface area (TPSA) is 64.7 Å². The Bertz CT molecular complexity index is 1090. The molecule has 4 rings (SSSR count). The number of hydrogen-bond acceptors (Lipinski definition) is 4. The fraction of sp³-hybridized carbons (Fsp3) is 0.0952. The molecule has 0 fully saturated rings. The Hall–Kier alpha value is -3.25. The number of nitrogens with zero attached hydrogens (tertiary/aromatic N) is 3. The molecule has 0 aliphatic carbocycles. The molecule has 6 heteroatoms. The zero-order valence-electron chi connectivity index (χ0n) is 14.3. The smallest absolute Gasteiger partial charge is 0.126 e. The van der Waals surface area contributed by atoms with Crippen molar-refractivity contribution in [2.24, 2.45) is 5.73 Å². The van der Waals surface area contributed by atoms with E-state index in [4.69, 9.17) is 5.73 Å². The Labute approximate surface area is 154 Å². The van der Waals surface area contributed by atoms with Gasteiger partial charge in [0, 0.05) is 29.4 Å². The first-order valence-electron chi connectivity index (χ1n) is 8.46. The van der Waals surface area contributed by atoms with Crippen LogP contribution in [0.4, 0.5) is 8.78 Å². The van der Waals surface area contributed by atoms with Gasteiger partial charge in [-0.2, -0.15) is 0 Å². The highest BCUT2D eigenvalue weighted by molar-refractivity contribution is 5.84. The number of nitrogens with two attached hydrogens (primary N) is 1. The van der Waals surface area contributed by atoms with Gasteiger partial charge in [-0.25, -0.2) is 18.7 Å². The summed E-state index contributed by atoms with van der Waals surface area (Å²) in [4.78, 5) is 12.8. The highest BCUT2D eigenvalue weighted by Gasteiger charge is 2.16. The summed E-state index contributed by atoms with van der Waals surface area (Å²) in [6.45, 7) is 0. The van der Waals surface area contributed by atoms with Crippen LogP contribution in [-0.4, -0.2) is 15.0 Å². The van der Waals surface area contributed by atoms with Gasteiger partial charge in [0.25, 0.3) is 0 Å². The summed E-state index contributed by atoms with van der Waals surface area (Å²) in [5.74, 6) is -1.25. The van der Waals surface area contributed by atoms with Crippen molar-refractivity contribution in [3.8, 4) is 11.1 Å². The van der Waals surface area contributed by atoms with Gasteiger partial charge < -0.3 is 5.73 Å². The molecule has 4 nitrogen and oxygen atoms in total. The van der Waals surface area contributed by atoms with Crippen molar-refractivity contribution in [2.45, 2.75) is 12.5 Å². The lowest BCUT2D eigenvalue weighted by molar-refractivity contribution is 0.575. The molecule has 0 saturated heterocycles. The van der Waals surface area contributed by atoms with Gasteiger partial charge in [0.1, 0.15) is 18.0 Å². The first kappa shape index (κ1) is 17.2. The second kappa shape index (κ2) is 7.17. The summed E-state index contributed by atoms with van der Waals surface area (Å²) < 4.78 is 26.9. The quantitative estimate of drug-likeness (QED) is 0.591. The molecule has 0 aliphatic rings. The Morgan fingerprint density at radius 2 is 1.78 bits per heavy atom. The fourth-order valence-electron chi connectivity index (χ4n) is 3.17. The molecule has 27 heavy (non-hydrogen) atoms. The summed E-state index contributed by atoms with van der Waals surface area (Å²) in [5.41, 5.74) is 9.93. The lowest BCUT2D eigenvalue weighted by Gasteiger charge is -2.15. The molecular weight excluding hydrogens is 346 g/mol. The average molecular weight is 362 g/mol. The number of hydrogen-bond donors (Lipinski definition) is 1. The predicted octanol–water partition coefficient (Wildman–Crippen LogP) is 4.21. The maximum atomic E-state index is 13.5. The van der Waals surface area contributed by atoms with Crippen LogP contribution >= 0.6 is 0 Å². The average Bonchev–Trinajstić information content (AvgIpc) is 2.67. The minimum absolute atomic E-state index is 0.254. The monoisotopic (exact) mass is 362 g/mol. The zero-order valence-corrected chi connectivity index (χ0v) is 14.3. The van der Waals surface area contributed by atoms with E-state index in [0.29, 0.717) is 11.3 Å². The lowest BCUT2D eigenvalue weighted by Crippen LogP contribution is -2.16. The molecule has 2 heterocycles. The van der Waals surface area contributed by atoms with Crippen molar-refractivity contribution in [3.05, 3.63) is 90.1 Å². The number of halogens is 2. The van der Waals surface area contributed by atoms with E-state index in [1.807, 2.05) is 30.3 Å². The van der Waals surface area contributed by atoms with Crippen molar-refractivity contribution in [3.63, 3.8) is 0 Å². The Morgan fingerprint density at radius 3 is 2.59 bits per heavy atom. The summed E-state index contributed by atoms with van der Waals surface area (Å²) in [7, 11) is 0. The van der Waals surface area contributed by atoms with Crippen LogP contribution in [0.25, 0.3) is 22.0 Å². The Balaban J connectivity index is 1.71. The van der Waals surface area contributed by atoms with E-state index in [-0.39, 0.29) is 6.42 Å². The molecule has 4 aromatic rings. The molecule has 0 radical (unpaired) electrons. The van der Waals surface area contributed by atoms with E-state index in [0.717, 1.165) is 28.1 Å². The molecule has 134 valence electrons. The molecular formula is C21H16F2N4. The van der Waals surface area contributed by atoms with E-state index in [9.17, 15) is 8.78 Å². The lowest BCUT2D eigenvalue weighted by atomic mass is 9.96. The Kier molecular flexibility index (Phi) is 4.56. The van der Waals surface area contributed by atoms with Gasteiger partial charge in [-0.1, -0.05) is 18.2 Å². The van der Waals surface area contributed by atoms with Crippen LogP contribution in [0.1, 0.15) is 17.3 Å². The van der Waals surface area contributed by atoms with Crippen LogP contribution in [0.2, 0.25) is 0 Å². The number of rotatable bonds is 4. The minimum atomic E-state index is -0.624. The summed E-state index contributed by atoms with van der Waals surface area (Å²) in [6, 6.07) is 12.6. The van der Waals surface area contributed by atoms with Crippen molar-refractivity contribution in [2.75, 3.05) is 0 Å². The first-order valence-corrected chi connectivity index (χ1v) is 8.46. The molecule has 2 aromatic carbocycles. The second-order valence-electron chi connectivity index (χ2n) is 6.32. The number of pyridine rings is 1. The predicted molar refractivity (Wildman–Crippen MR) is 99.8 cm³/mol.